The highest BCUT2D eigenvalue weighted by Crippen LogP contribution is 2.36. The molecule has 1 fully saturated rings. The average Bonchev–Trinajstić information content (AvgIpc) is 2.77. The van der Waals surface area contributed by atoms with Gasteiger partial charge in [-0.25, -0.2) is 14.8 Å². The van der Waals surface area contributed by atoms with Crippen LogP contribution in [0.15, 0.2) is 6.33 Å². The summed E-state index contributed by atoms with van der Waals surface area (Å²) >= 11 is 3.17. The molecular formula is C13H15N3O2S2. The molecule has 0 amide bonds. The SMILES string of the molecule is Cc1c(C(=O)O)sc2ncnc(N3CCSCC3C)c12. The monoisotopic (exact) mass is 309 g/mol. The van der Waals surface area contributed by atoms with Gasteiger partial charge >= 0.3 is 5.97 Å². The minimum absolute atomic E-state index is 0.362. The van der Waals surface area contributed by atoms with Crippen LogP contribution in [-0.2, 0) is 0 Å². The maximum Gasteiger partial charge on any atom is 0.346 e. The van der Waals surface area contributed by atoms with E-state index in [4.69, 9.17) is 0 Å². The summed E-state index contributed by atoms with van der Waals surface area (Å²) in [6, 6.07) is 0.402. The standard InChI is InChI=1S/C13H15N3O2S2/c1-7-5-19-4-3-16(7)11-9-8(2)10(13(17)18)20-12(9)15-6-14-11/h6-7H,3-5H2,1-2H3,(H,17,18). The van der Waals surface area contributed by atoms with Crippen molar-refractivity contribution in [2.75, 3.05) is 23.0 Å². The van der Waals surface area contributed by atoms with Crippen LogP contribution in [0.4, 0.5) is 5.82 Å². The molecule has 3 heterocycles. The number of carbonyl (C=O) groups is 1. The summed E-state index contributed by atoms with van der Waals surface area (Å²) < 4.78 is 0. The number of thiophene rings is 1. The summed E-state index contributed by atoms with van der Waals surface area (Å²) in [7, 11) is 0. The van der Waals surface area contributed by atoms with Crippen LogP contribution >= 0.6 is 23.1 Å². The fourth-order valence-corrected chi connectivity index (χ4v) is 4.51. The Hall–Kier alpha value is -1.34. The van der Waals surface area contributed by atoms with E-state index in [0.29, 0.717) is 10.9 Å². The van der Waals surface area contributed by atoms with E-state index in [9.17, 15) is 9.90 Å². The number of carboxylic acid groups (broad SMARTS) is 1. The Kier molecular flexibility index (Phi) is 3.55. The van der Waals surface area contributed by atoms with Gasteiger partial charge in [0.1, 0.15) is 21.9 Å². The Morgan fingerprint density at radius 2 is 2.30 bits per heavy atom. The van der Waals surface area contributed by atoms with Crippen molar-refractivity contribution in [1.82, 2.24) is 9.97 Å². The zero-order valence-corrected chi connectivity index (χ0v) is 12.9. The number of nitrogens with zero attached hydrogens (tertiary/aromatic N) is 3. The topological polar surface area (TPSA) is 66.3 Å². The predicted octanol–water partition coefficient (Wildman–Crippen LogP) is 2.64. The van der Waals surface area contributed by atoms with Crippen molar-refractivity contribution in [3.63, 3.8) is 0 Å². The molecule has 2 aromatic rings. The summed E-state index contributed by atoms with van der Waals surface area (Å²) in [5, 5.41) is 10.2. The first kappa shape index (κ1) is 13.6. The van der Waals surface area contributed by atoms with Crippen LogP contribution in [0, 0.1) is 6.92 Å². The molecule has 20 heavy (non-hydrogen) atoms. The number of fused-ring (bicyclic) bond motifs is 1. The summed E-state index contributed by atoms with van der Waals surface area (Å²) in [5.74, 6) is 2.13. The normalized spacial score (nSPS) is 19.5. The van der Waals surface area contributed by atoms with E-state index < -0.39 is 5.97 Å². The first-order valence-corrected chi connectivity index (χ1v) is 8.38. The van der Waals surface area contributed by atoms with Crippen molar-refractivity contribution in [2.24, 2.45) is 0 Å². The first-order valence-electron chi connectivity index (χ1n) is 6.41. The number of aromatic nitrogens is 2. The highest BCUT2D eigenvalue weighted by atomic mass is 32.2. The van der Waals surface area contributed by atoms with E-state index >= 15 is 0 Å². The van der Waals surface area contributed by atoms with Gasteiger partial charge in [0.2, 0.25) is 0 Å². The van der Waals surface area contributed by atoms with Crippen molar-refractivity contribution in [1.29, 1.82) is 0 Å². The van der Waals surface area contributed by atoms with Gasteiger partial charge in [-0.05, 0) is 19.4 Å². The molecule has 7 heteroatoms. The smallest absolute Gasteiger partial charge is 0.346 e. The second kappa shape index (κ2) is 5.21. The Bertz CT molecular complexity index is 671. The largest absolute Gasteiger partial charge is 0.477 e. The molecule has 0 bridgehead atoms. The molecular weight excluding hydrogens is 294 g/mol. The van der Waals surface area contributed by atoms with Crippen LogP contribution < -0.4 is 4.90 Å². The lowest BCUT2D eigenvalue weighted by Crippen LogP contribution is -2.41. The van der Waals surface area contributed by atoms with Crippen molar-refractivity contribution >= 4 is 45.1 Å². The Balaban J connectivity index is 2.18. The van der Waals surface area contributed by atoms with Crippen LogP contribution in [0.3, 0.4) is 0 Å². The van der Waals surface area contributed by atoms with Crippen molar-refractivity contribution in [3.05, 3.63) is 16.8 Å². The molecule has 0 aromatic carbocycles. The number of aromatic carboxylic acids is 1. The molecule has 1 saturated heterocycles. The molecule has 1 atom stereocenters. The summed E-state index contributed by atoms with van der Waals surface area (Å²) in [6.07, 6.45) is 1.54. The molecule has 2 aromatic heterocycles. The van der Waals surface area contributed by atoms with E-state index in [1.54, 1.807) is 0 Å². The molecule has 1 unspecified atom stereocenters. The zero-order valence-electron chi connectivity index (χ0n) is 11.3. The molecule has 1 aliphatic rings. The molecule has 0 radical (unpaired) electrons. The maximum atomic E-state index is 11.3. The molecule has 1 aliphatic heterocycles. The third-order valence-electron chi connectivity index (χ3n) is 3.54. The zero-order chi connectivity index (χ0) is 14.3. The van der Waals surface area contributed by atoms with Gasteiger partial charge in [0.25, 0.3) is 0 Å². The highest BCUT2D eigenvalue weighted by Gasteiger charge is 2.25. The number of aryl methyl sites for hydroxylation is 1. The number of rotatable bonds is 2. The van der Waals surface area contributed by atoms with Gasteiger partial charge in [0.05, 0.1) is 5.39 Å². The second-order valence-electron chi connectivity index (χ2n) is 4.86. The Morgan fingerprint density at radius 3 is 3.00 bits per heavy atom. The van der Waals surface area contributed by atoms with Gasteiger partial charge < -0.3 is 10.0 Å². The minimum atomic E-state index is -0.890. The Morgan fingerprint density at radius 1 is 1.50 bits per heavy atom. The lowest BCUT2D eigenvalue weighted by Gasteiger charge is -2.34. The second-order valence-corrected chi connectivity index (χ2v) is 7.00. The van der Waals surface area contributed by atoms with Crippen molar-refractivity contribution < 1.29 is 9.90 Å². The fourth-order valence-electron chi connectivity index (χ4n) is 2.52. The van der Waals surface area contributed by atoms with Gasteiger partial charge in [-0.15, -0.1) is 11.3 Å². The Labute approximate surface area is 125 Å². The lowest BCUT2D eigenvalue weighted by atomic mass is 10.1. The van der Waals surface area contributed by atoms with E-state index in [1.165, 1.54) is 17.7 Å². The van der Waals surface area contributed by atoms with Crippen LogP contribution in [0.2, 0.25) is 0 Å². The van der Waals surface area contributed by atoms with E-state index in [2.05, 4.69) is 21.8 Å². The number of carboxylic acids is 1. The quantitative estimate of drug-likeness (QED) is 0.920. The maximum absolute atomic E-state index is 11.3. The highest BCUT2D eigenvalue weighted by molar-refractivity contribution is 7.99. The van der Waals surface area contributed by atoms with Crippen molar-refractivity contribution in [3.8, 4) is 0 Å². The van der Waals surface area contributed by atoms with Crippen LogP contribution in [-0.4, -0.2) is 45.1 Å². The molecule has 106 valence electrons. The predicted molar refractivity (Wildman–Crippen MR) is 83.2 cm³/mol. The minimum Gasteiger partial charge on any atom is -0.477 e. The fraction of sp³-hybridized carbons (Fsp3) is 0.462. The number of hydrogen-bond acceptors (Lipinski definition) is 6. The number of hydrogen-bond donors (Lipinski definition) is 1. The summed E-state index contributed by atoms with van der Waals surface area (Å²) in [4.78, 5) is 23.4. The van der Waals surface area contributed by atoms with Crippen LogP contribution in [0.25, 0.3) is 10.2 Å². The van der Waals surface area contributed by atoms with Crippen LogP contribution in [0.1, 0.15) is 22.2 Å². The first-order chi connectivity index (χ1) is 9.59. The van der Waals surface area contributed by atoms with Gasteiger partial charge in [-0.3, -0.25) is 0 Å². The molecule has 0 aliphatic carbocycles. The van der Waals surface area contributed by atoms with E-state index in [1.807, 2.05) is 18.7 Å². The van der Waals surface area contributed by atoms with E-state index in [-0.39, 0.29) is 0 Å². The molecule has 0 saturated carbocycles. The van der Waals surface area contributed by atoms with Gasteiger partial charge in [-0.1, -0.05) is 0 Å². The molecule has 1 N–H and O–H groups in total. The summed E-state index contributed by atoms with van der Waals surface area (Å²) in [6.45, 7) is 4.97. The van der Waals surface area contributed by atoms with Crippen molar-refractivity contribution in [2.45, 2.75) is 19.9 Å². The average molecular weight is 309 g/mol. The third-order valence-corrected chi connectivity index (χ3v) is 5.92. The van der Waals surface area contributed by atoms with Gasteiger partial charge in [-0.2, -0.15) is 11.8 Å². The van der Waals surface area contributed by atoms with Gasteiger partial charge in [0, 0.05) is 24.1 Å². The molecule has 5 nitrogen and oxygen atoms in total. The van der Waals surface area contributed by atoms with Crippen LogP contribution in [0.5, 0.6) is 0 Å². The van der Waals surface area contributed by atoms with E-state index in [0.717, 1.165) is 39.6 Å². The number of thioether (sulfide) groups is 1. The lowest BCUT2D eigenvalue weighted by molar-refractivity contribution is 0.0701. The molecule has 0 spiro atoms. The molecule has 3 rings (SSSR count). The number of anilines is 1. The summed E-state index contributed by atoms with van der Waals surface area (Å²) in [5.41, 5.74) is 0.776. The van der Waals surface area contributed by atoms with Gasteiger partial charge in [0.15, 0.2) is 0 Å². The third kappa shape index (κ3) is 2.14.